The van der Waals surface area contributed by atoms with Crippen molar-refractivity contribution in [3.05, 3.63) is 48.6 Å². The Hall–Kier alpha value is -2.18. The molecule has 0 aliphatic rings. The summed E-state index contributed by atoms with van der Waals surface area (Å²) in [4.78, 5) is 25.1. The molecule has 6 nitrogen and oxygen atoms in total. The van der Waals surface area contributed by atoms with Gasteiger partial charge in [0.05, 0.1) is 6.42 Å². The van der Waals surface area contributed by atoms with Gasteiger partial charge < -0.3 is 19.7 Å². The number of carbonyl (C=O) groups excluding carboxylic acids is 2. The van der Waals surface area contributed by atoms with Crippen LogP contribution < -0.4 is 0 Å². The minimum Gasteiger partial charge on any atom is -0.398 e. The minimum atomic E-state index is -2.24. The molecule has 0 spiro atoms. The summed E-state index contributed by atoms with van der Waals surface area (Å²) in [6, 6.07) is 0. The first-order valence-electron chi connectivity index (χ1n) is 19.8. The zero-order chi connectivity index (χ0) is 35.2. The summed E-state index contributed by atoms with van der Waals surface area (Å²) in [6.45, 7) is 4.51. The Morgan fingerprint density at radius 2 is 0.833 bits per heavy atom. The van der Waals surface area contributed by atoms with Gasteiger partial charge in [0, 0.05) is 19.4 Å². The minimum absolute atomic E-state index is 0.00874. The molecule has 0 aromatic carbocycles. The number of esters is 2. The Balaban J connectivity index is 4.15. The zero-order valence-electron chi connectivity index (χ0n) is 31.2. The summed E-state index contributed by atoms with van der Waals surface area (Å²) in [6.07, 6.45) is 44.2. The molecule has 0 radical (unpaired) electrons. The molecule has 0 saturated carbocycles. The van der Waals surface area contributed by atoms with Gasteiger partial charge in [-0.1, -0.05) is 133 Å². The number of hydrogen-bond donors (Lipinski definition) is 2. The molecule has 0 amide bonds. The Morgan fingerprint density at radius 1 is 0.479 bits per heavy atom. The highest BCUT2D eigenvalue weighted by Crippen LogP contribution is 2.22. The van der Waals surface area contributed by atoms with Gasteiger partial charge in [-0.3, -0.25) is 9.59 Å². The van der Waals surface area contributed by atoms with Crippen molar-refractivity contribution in [2.75, 3.05) is 6.61 Å². The Bertz CT molecular complexity index is 783. The number of allylic oxidation sites excluding steroid dienone is 8. The highest BCUT2D eigenvalue weighted by Gasteiger charge is 2.35. The van der Waals surface area contributed by atoms with Crippen LogP contribution in [0.2, 0.25) is 0 Å². The van der Waals surface area contributed by atoms with Crippen molar-refractivity contribution < 1.29 is 29.3 Å². The summed E-state index contributed by atoms with van der Waals surface area (Å²) in [5, 5.41) is 20.0. The molecule has 0 aliphatic heterocycles. The maximum Gasteiger partial charge on any atom is 0.373 e. The van der Waals surface area contributed by atoms with Crippen molar-refractivity contribution >= 4 is 11.9 Å². The van der Waals surface area contributed by atoms with E-state index in [4.69, 9.17) is 14.6 Å². The lowest BCUT2D eigenvalue weighted by Crippen LogP contribution is -2.40. The summed E-state index contributed by atoms with van der Waals surface area (Å²) in [5.41, 5.74) is 0. The van der Waals surface area contributed by atoms with E-state index in [2.05, 4.69) is 62.5 Å². The average Bonchev–Trinajstić information content (AvgIpc) is 3.06. The van der Waals surface area contributed by atoms with Crippen LogP contribution in [0.15, 0.2) is 48.6 Å². The molecule has 0 heterocycles. The number of aliphatic hydroxyl groups is 2. The summed E-state index contributed by atoms with van der Waals surface area (Å²) >= 11 is 0. The first-order chi connectivity index (χ1) is 23.5. The fraction of sp³-hybridized carbons (Fsp3) is 0.762. The monoisotopic (exact) mass is 675 g/mol. The fourth-order valence-corrected chi connectivity index (χ4v) is 5.38. The summed E-state index contributed by atoms with van der Waals surface area (Å²) < 4.78 is 10.6. The molecule has 278 valence electrons. The topological polar surface area (TPSA) is 93.1 Å². The van der Waals surface area contributed by atoms with Gasteiger partial charge in [0.15, 0.2) is 0 Å². The SMILES string of the molecule is CCCCC/C=C\C/C=C\CCCCCCCC(=O)OC(O)(CCCCCO)OC(=O)CCCCCCC/C=C\C/C=C\CCCCC. The zero-order valence-corrected chi connectivity index (χ0v) is 31.2. The third kappa shape index (κ3) is 33.7. The Labute approximate surface area is 295 Å². The van der Waals surface area contributed by atoms with Gasteiger partial charge in [-0.25, -0.2) is 0 Å². The molecule has 0 rings (SSSR count). The van der Waals surface area contributed by atoms with Crippen molar-refractivity contribution in [1.82, 2.24) is 0 Å². The maximum atomic E-state index is 12.5. The van der Waals surface area contributed by atoms with E-state index in [1.165, 1.54) is 51.4 Å². The predicted octanol–water partition coefficient (Wildman–Crippen LogP) is 11.9. The lowest BCUT2D eigenvalue weighted by molar-refractivity contribution is -0.328. The van der Waals surface area contributed by atoms with Crippen LogP contribution in [-0.4, -0.2) is 34.7 Å². The molecule has 6 heteroatoms. The van der Waals surface area contributed by atoms with E-state index in [1.54, 1.807) is 0 Å². The molecule has 0 bridgehead atoms. The van der Waals surface area contributed by atoms with Gasteiger partial charge in [0.2, 0.25) is 0 Å². The first kappa shape index (κ1) is 45.8. The lowest BCUT2D eigenvalue weighted by atomic mass is 10.1. The van der Waals surface area contributed by atoms with Gasteiger partial charge in [-0.2, -0.15) is 0 Å². The standard InChI is InChI=1S/C42H74O6/c1-3-5-7-9-11-13-15-17-19-21-23-25-27-29-32-36-40(44)47-42(46,38-34-31-35-39-43)48-41(45)37-33-30-28-26-24-22-20-18-16-14-12-10-8-6-4-2/h11-14,17-20,43,46H,3-10,15-16,21-39H2,1-2H3/b13-11-,14-12-,19-17-,20-18-. The molecule has 0 aliphatic carbocycles. The van der Waals surface area contributed by atoms with Crippen LogP contribution in [-0.2, 0) is 19.1 Å². The van der Waals surface area contributed by atoms with E-state index in [1.807, 2.05) is 0 Å². The number of unbranched alkanes of at least 4 members (excludes halogenated alkanes) is 18. The molecular formula is C42H74O6. The summed E-state index contributed by atoms with van der Waals surface area (Å²) in [5.74, 6) is -3.33. The van der Waals surface area contributed by atoms with Gasteiger partial charge in [0.1, 0.15) is 0 Å². The number of rotatable bonds is 35. The average molecular weight is 675 g/mol. The molecule has 0 fully saturated rings. The largest absolute Gasteiger partial charge is 0.398 e. The highest BCUT2D eigenvalue weighted by atomic mass is 16.8. The third-order valence-electron chi connectivity index (χ3n) is 8.36. The Kier molecular flexibility index (Phi) is 34.5. The fourth-order valence-electron chi connectivity index (χ4n) is 5.38. The smallest absolute Gasteiger partial charge is 0.373 e. The van der Waals surface area contributed by atoms with Crippen molar-refractivity contribution in [3.63, 3.8) is 0 Å². The van der Waals surface area contributed by atoms with Crippen LogP contribution in [0.3, 0.4) is 0 Å². The lowest BCUT2D eigenvalue weighted by Gasteiger charge is -2.27. The van der Waals surface area contributed by atoms with E-state index >= 15 is 0 Å². The van der Waals surface area contributed by atoms with Crippen LogP contribution in [0.5, 0.6) is 0 Å². The number of hydrogen-bond acceptors (Lipinski definition) is 6. The normalized spacial score (nSPS) is 12.3. The molecular weight excluding hydrogens is 600 g/mol. The van der Waals surface area contributed by atoms with Crippen LogP contribution >= 0.6 is 0 Å². The number of ether oxygens (including phenoxy) is 2. The second-order valence-electron chi connectivity index (χ2n) is 13.2. The highest BCUT2D eigenvalue weighted by molar-refractivity contribution is 5.71. The van der Waals surface area contributed by atoms with E-state index in [-0.39, 0.29) is 25.9 Å². The maximum absolute atomic E-state index is 12.5. The number of aliphatic hydroxyl groups excluding tert-OH is 1. The van der Waals surface area contributed by atoms with Gasteiger partial charge in [-0.15, -0.1) is 0 Å². The van der Waals surface area contributed by atoms with E-state index in [0.717, 1.165) is 77.0 Å². The van der Waals surface area contributed by atoms with E-state index < -0.39 is 17.9 Å². The third-order valence-corrected chi connectivity index (χ3v) is 8.36. The van der Waals surface area contributed by atoms with Crippen molar-refractivity contribution in [2.45, 2.75) is 200 Å². The quantitative estimate of drug-likeness (QED) is 0.0301. The molecule has 0 unspecified atom stereocenters. The molecule has 0 aromatic rings. The van der Waals surface area contributed by atoms with Crippen LogP contribution in [0, 0.1) is 0 Å². The van der Waals surface area contributed by atoms with Crippen LogP contribution in [0.1, 0.15) is 194 Å². The van der Waals surface area contributed by atoms with Crippen molar-refractivity contribution in [3.8, 4) is 0 Å². The molecule has 2 N–H and O–H groups in total. The summed E-state index contributed by atoms with van der Waals surface area (Å²) in [7, 11) is 0. The molecule has 0 saturated heterocycles. The number of carbonyl (C=O) groups is 2. The van der Waals surface area contributed by atoms with Gasteiger partial charge in [0.25, 0.3) is 0 Å². The first-order valence-corrected chi connectivity index (χ1v) is 19.8. The van der Waals surface area contributed by atoms with Crippen LogP contribution in [0.25, 0.3) is 0 Å². The van der Waals surface area contributed by atoms with E-state index in [0.29, 0.717) is 32.1 Å². The molecule has 0 aromatic heterocycles. The molecule has 48 heavy (non-hydrogen) atoms. The van der Waals surface area contributed by atoms with Crippen molar-refractivity contribution in [2.24, 2.45) is 0 Å². The molecule has 0 atom stereocenters. The van der Waals surface area contributed by atoms with Gasteiger partial charge >= 0.3 is 17.9 Å². The second kappa shape index (κ2) is 36.1. The van der Waals surface area contributed by atoms with Gasteiger partial charge in [-0.05, 0) is 89.9 Å². The Morgan fingerprint density at radius 3 is 1.23 bits per heavy atom. The van der Waals surface area contributed by atoms with Crippen LogP contribution in [0.4, 0.5) is 0 Å². The van der Waals surface area contributed by atoms with E-state index in [9.17, 15) is 14.7 Å². The second-order valence-corrected chi connectivity index (χ2v) is 13.2. The predicted molar refractivity (Wildman–Crippen MR) is 201 cm³/mol. The van der Waals surface area contributed by atoms with Crippen molar-refractivity contribution in [1.29, 1.82) is 0 Å².